The molecule has 0 unspecified atom stereocenters. The van der Waals surface area contributed by atoms with Crippen LogP contribution >= 0.6 is 0 Å². The number of para-hydroxylation sites is 1. The van der Waals surface area contributed by atoms with Gasteiger partial charge in [0.2, 0.25) is 11.8 Å². The molecule has 0 bridgehead atoms. The van der Waals surface area contributed by atoms with Crippen LogP contribution in [-0.2, 0) is 11.3 Å². The lowest BCUT2D eigenvalue weighted by atomic mass is 10.2. The normalized spacial score (nSPS) is 10.8. The Bertz CT molecular complexity index is 1260. The molecular formula is C20H16N6O3. The van der Waals surface area contributed by atoms with E-state index in [2.05, 4.69) is 15.4 Å². The summed E-state index contributed by atoms with van der Waals surface area (Å²) in [5.74, 6) is -0.958. The molecule has 4 rings (SSSR count). The van der Waals surface area contributed by atoms with Gasteiger partial charge in [-0.2, -0.15) is 5.10 Å². The number of hydrogen-bond donors (Lipinski definition) is 2. The number of carbonyl (C=O) groups excluding carboxylic acids is 2. The number of nitrogens with two attached hydrogens (primary N) is 1. The number of aromatic nitrogens is 4. The second-order valence-electron chi connectivity index (χ2n) is 6.30. The zero-order valence-electron chi connectivity index (χ0n) is 15.1. The number of anilines is 1. The first kappa shape index (κ1) is 18.1. The SMILES string of the molecule is NC(=O)c1ccc(NC(=O)Cn2cnc3c(cnn3-c3ccccc3)c2=O)cc1. The topological polar surface area (TPSA) is 125 Å². The van der Waals surface area contributed by atoms with Gasteiger partial charge in [-0.3, -0.25) is 19.0 Å². The first-order valence-corrected chi connectivity index (χ1v) is 8.71. The summed E-state index contributed by atoms with van der Waals surface area (Å²) in [5.41, 5.74) is 6.85. The fourth-order valence-corrected chi connectivity index (χ4v) is 2.89. The fraction of sp³-hybridized carbons (Fsp3) is 0.0500. The van der Waals surface area contributed by atoms with Crippen LogP contribution in [0.1, 0.15) is 10.4 Å². The van der Waals surface area contributed by atoms with E-state index in [9.17, 15) is 14.4 Å². The van der Waals surface area contributed by atoms with E-state index in [0.717, 1.165) is 5.69 Å². The quantitative estimate of drug-likeness (QED) is 0.533. The first-order chi connectivity index (χ1) is 14.0. The van der Waals surface area contributed by atoms with Crippen molar-refractivity contribution in [3.63, 3.8) is 0 Å². The molecular weight excluding hydrogens is 372 g/mol. The molecule has 3 N–H and O–H groups in total. The Morgan fingerprint density at radius 1 is 1.03 bits per heavy atom. The molecule has 9 heteroatoms. The van der Waals surface area contributed by atoms with Crippen molar-refractivity contribution >= 4 is 28.5 Å². The summed E-state index contributed by atoms with van der Waals surface area (Å²) in [5, 5.41) is 7.22. The van der Waals surface area contributed by atoms with Crippen molar-refractivity contribution in [1.82, 2.24) is 19.3 Å². The number of nitrogens with one attached hydrogen (secondary N) is 1. The largest absolute Gasteiger partial charge is 0.366 e. The molecule has 0 spiro atoms. The summed E-state index contributed by atoms with van der Waals surface area (Å²) in [4.78, 5) is 40.4. The molecule has 2 amide bonds. The van der Waals surface area contributed by atoms with Crippen molar-refractivity contribution < 1.29 is 9.59 Å². The number of primary amides is 1. The number of rotatable bonds is 5. The molecule has 0 aliphatic rings. The Labute approximate surface area is 164 Å². The summed E-state index contributed by atoms with van der Waals surface area (Å²) in [6.45, 7) is -0.212. The van der Waals surface area contributed by atoms with Gasteiger partial charge in [0, 0.05) is 11.3 Å². The third-order valence-corrected chi connectivity index (χ3v) is 4.32. The summed E-state index contributed by atoms with van der Waals surface area (Å²) in [7, 11) is 0. The van der Waals surface area contributed by atoms with Crippen LogP contribution in [0.15, 0.2) is 71.9 Å². The van der Waals surface area contributed by atoms with E-state index in [1.165, 1.54) is 29.2 Å². The molecule has 0 atom stereocenters. The zero-order chi connectivity index (χ0) is 20.4. The van der Waals surface area contributed by atoms with Gasteiger partial charge in [0.25, 0.3) is 5.56 Å². The lowest BCUT2D eigenvalue weighted by Gasteiger charge is -2.08. The van der Waals surface area contributed by atoms with E-state index in [0.29, 0.717) is 22.3 Å². The highest BCUT2D eigenvalue weighted by Crippen LogP contribution is 2.13. The van der Waals surface area contributed by atoms with Crippen LogP contribution < -0.4 is 16.6 Å². The monoisotopic (exact) mass is 388 g/mol. The summed E-state index contributed by atoms with van der Waals surface area (Å²) < 4.78 is 2.79. The Morgan fingerprint density at radius 3 is 2.45 bits per heavy atom. The highest BCUT2D eigenvalue weighted by atomic mass is 16.2. The van der Waals surface area contributed by atoms with Crippen molar-refractivity contribution in [2.45, 2.75) is 6.54 Å². The van der Waals surface area contributed by atoms with Gasteiger partial charge in [-0.25, -0.2) is 9.67 Å². The molecule has 0 fully saturated rings. The van der Waals surface area contributed by atoms with Crippen LogP contribution in [0.25, 0.3) is 16.7 Å². The fourth-order valence-electron chi connectivity index (χ4n) is 2.89. The van der Waals surface area contributed by atoms with E-state index < -0.39 is 11.8 Å². The maximum atomic E-state index is 12.7. The number of fused-ring (bicyclic) bond motifs is 1. The first-order valence-electron chi connectivity index (χ1n) is 8.71. The van der Waals surface area contributed by atoms with E-state index >= 15 is 0 Å². The second kappa shape index (κ2) is 7.39. The Hall–Kier alpha value is -4.27. The standard InChI is InChI=1S/C20H16N6O3/c21-18(28)13-6-8-14(9-7-13)24-17(27)11-25-12-22-19-16(20(25)29)10-23-26(19)15-4-2-1-3-5-15/h1-10,12H,11H2,(H2,21,28)(H,24,27). The highest BCUT2D eigenvalue weighted by Gasteiger charge is 2.13. The minimum Gasteiger partial charge on any atom is -0.366 e. The third kappa shape index (κ3) is 3.61. The van der Waals surface area contributed by atoms with E-state index in [4.69, 9.17) is 5.73 Å². The van der Waals surface area contributed by atoms with Crippen LogP contribution in [0.2, 0.25) is 0 Å². The predicted molar refractivity (Wildman–Crippen MR) is 107 cm³/mol. The second-order valence-corrected chi connectivity index (χ2v) is 6.30. The van der Waals surface area contributed by atoms with E-state index in [-0.39, 0.29) is 12.1 Å². The Morgan fingerprint density at radius 2 is 1.76 bits per heavy atom. The average Bonchev–Trinajstić information content (AvgIpc) is 3.16. The minimum atomic E-state index is -0.551. The number of nitrogens with zero attached hydrogens (tertiary/aromatic N) is 4. The molecule has 144 valence electrons. The molecule has 0 saturated heterocycles. The average molecular weight is 388 g/mol. The Kier molecular flexibility index (Phi) is 4.62. The zero-order valence-corrected chi connectivity index (χ0v) is 15.1. The van der Waals surface area contributed by atoms with Gasteiger partial charge in [0.15, 0.2) is 5.65 Å². The molecule has 0 radical (unpaired) electrons. The van der Waals surface area contributed by atoms with Crippen LogP contribution in [-0.4, -0.2) is 31.1 Å². The van der Waals surface area contributed by atoms with Crippen molar-refractivity contribution in [3.8, 4) is 5.69 Å². The van der Waals surface area contributed by atoms with Gasteiger partial charge in [0.1, 0.15) is 18.3 Å². The number of carbonyl (C=O) groups is 2. The van der Waals surface area contributed by atoms with Crippen LogP contribution in [0.5, 0.6) is 0 Å². The maximum absolute atomic E-state index is 12.7. The van der Waals surface area contributed by atoms with Crippen molar-refractivity contribution in [2.75, 3.05) is 5.32 Å². The maximum Gasteiger partial charge on any atom is 0.264 e. The number of benzene rings is 2. The van der Waals surface area contributed by atoms with Gasteiger partial charge >= 0.3 is 0 Å². The van der Waals surface area contributed by atoms with Gasteiger partial charge in [0.05, 0.1) is 11.9 Å². The summed E-state index contributed by atoms with van der Waals surface area (Å²) in [6, 6.07) is 15.5. The van der Waals surface area contributed by atoms with E-state index in [1.54, 1.807) is 16.8 Å². The van der Waals surface area contributed by atoms with Crippen LogP contribution in [0, 0.1) is 0 Å². The molecule has 9 nitrogen and oxygen atoms in total. The molecule has 2 aromatic heterocycles. The van der Waals surface area contributed by atoms with Gasteiger partial charge < -0.3 is 11.1 Å². The van der Waals surface area contributed by atoms with Crippen LogP contribution in [0.3, 0.4) is 0 Å². The van der Waals surface area contributed by atoms with Crippen molar-refractivity contribution in [1.29, 1.82) is 0 Å². The third-order valence-electron chi connectivity index (χ3n) is 4.32. The summed E-state index contributed by atoms with van der Waals surface area (Å²) in [6.07, 6.45) is 2.76. The number of amides is 2. The molecule has 0 saturated carbocycles. The molecule has 0 aliphatic heterocycles. The van der Waals surface area contributed by atoms with Gasteiger partial charge in [-0.15, -0.1) is 0 Å². The van der Waals surface area contributed by atoms with Crippen molar-refractivity contribution in [2.24, 2.45) is 5.73 Å². The highest BCUT2D eigenvalue weighted by molar-refractivity contribution is 5.94. The van der Waals surface area contributed by atoms with Crippen molar-refractivity contribution in [3.05, 3.63) is 83.0 Å². The lowest BCUT2D eigenvalue weighted by molar-refractivity contribution is -0.116. The molecule has 2 aromatic carbocycles. The summed E-state index contributed by atoms with van der Waals surface area (Å²) >= 11 is 0. The van der Waals surface area contributed by atoms with Gasteiger partial charge in [-0.05, 0) is 36.4 Å². The Balaban J connectivity index is 1.55. The molecule has 2 heterocycles. The lowest BCUT2D eigenvalue weighted by Crippen LogP contribution is -2.27. The number of hydrogen-bond acceptors (Lipinski definition) is 5. The van der Waals surface area contributed by atoms with Gasteiger partial charge in [-0.1, -0.05) is 18.2 Å². The smallest absolute Gasteiger partial charge is 0.264 e. The molecule has 4 aromatic rings. The molecule has 0 aliphatic carbocycles. The minimum absolute atomic E-state index is 0.212. The van der Waals surface area contributed by atoms with Crippen LogP contribution in [0.4, 0.5) is 5.69 Å². The van der Waals surface area contributed by atoms with E-state index in [1.807, 2.05) is 30.3 Å². The predicted octanol–water partition coefficient (Wildman–Crippen LogP) is 1.32. The molecule has 29 heavy (non-hydrogen) atoms.